The first-order valence-corrected chi connectivity index (χ1v) is 6.89. The van der Waals surface area contributed by atoms with Gasteiger partial charge in [0.25, 0.3) is 0 Å². The number of ether oxygens (including phenoxy) is 1. The van der Waals surface area contributed by atoms with Gasteiger partial charge in [0, 0.05) is 6.42 Å². The molecule has 0 spiro atoms. The Morgan fingerprint density at radius 1 is 1.35 bits per heavy atom. The third kappa shape index (κ3) is 2.82. The number of carbonyl (C=O) groups excluding carboxylic acids is 2. The summed E-state index contributed by atoms with van der Waals surface area (Å²) in [5.41, 5.74) is -0.0150. The van der Waals surface area contributed by atoms with Crippen LogP contribution in [0.3, 0.4) is 0 Å². The Morgan fingerprint density at radius 3 is 2.55 bits per heavy atom. The number of Topliss-reactive ketones (excluding diaryl/α,β-unsaturated/α-hetero) is 1. The van der Waals surface area contributed by atoms with E-state index in [9.17, 15) is 9.59 Å². The van der Waals surface area contributed by atoms with Gasteiger partial charge in [-0.05, 0) is 44.7 Å². The third-order valence-electron chi connectivity index (χ3n) is 4.14. The summed E-state index contributed by atoms with van der Waals surface area (Å²) in [6.07, 6.45) is 1.71. The van der Waals surface area contributed by atoms with Crippen molar-refractivity contribution in [2.24, 2.45) is 11.3 Å². The summed E-state index contributed by atoms with van der Waals surface area (Å²) < 4.78 is 5.34. The van der Waals surface area contributed by atoms with Crippen molar-refractivity contribution >= 4 is 11.8 Å². The molecule has 1 aliphatic carbocycles. The van der Waals surface area contributed by atoms with E-state index >= 15 is 0 Å². The number of hydrogen-bond donors (Lipinski definition) is 0. The van der Waals surface area contributed by atoms with Crippen LogP contribution in [-0.4, -0.2) is 11.8 Å². The van der Waals surface area contributed by atoms with Crippen molar-refractivity contribution in [3.63, 3.8) is 0 Å². The lowest BCUT2D eigenvalue weighted by molar-refractivity contribution is -0.154. The van der Waals surface area contributed by atoms with Crippen molar-refractivity contribution in [2.75, 3.05) is 0 Å². The number of hydrogen-bond acceptors (Lipinski definition) is 3. The van der Waals surface area contributed by atoms with Gasteiger partial charge in [-0.25, -0.2) is 0 Å². The second-order valence-corrected chi connectivity index (χ2v) is 5.74. The van der Waals surface area contributed by atoms with Crippen LogP contribution in [0.1, 0.15) is 33.1 Å². The van der Waals surface area contributed by atoms with Crippen molar-refractivity contribution < 1.29 is 14.3 Å². The third-order valence-corrected chi connectivity index (χ3v) is 4.14. The molecule has 0 aliphatic heterocycles. The highest BCUT2D eigenvalue weighted by Gasteiger charge is 2.46. The Morgan fingerprint density at radius 2 is 2.00 bits per heavy atom. The molecule has 3 nitrogen and oxygen atoms in total. The first-order chi connectivity index (χ1) is 9.43. The van der Waals surface area contributed by atoms with Crippen molar-refractivity contribution in [1.82, 2.24) is 0 Å². The molecule has 2 unspecified atom stereocenters. The molecular weight excluding hydrogens is 252 g/mol. The minimum Gasteiger partial charge on any atom is -0.426 e. The average Bonchev–Trinajstić information content (AvgIpc) is 2.42. The standard InChI is InChI=1S/C17H20O3/c1-12(2)13-9-10-17(3,15(18)11-13)16(19)20-14-7-5-4-6-8-14/h4-8,13H,1,9-11H2,2-3H3. The number of para-hydroxylation sites is 1. The van der Waals surface area contributed by atoms with E-state index in [1.807, 2.05) is 13.0 Å². The molecule has 0 N–H and O–H groups in total. The van der Waals surface area contributed by atoms with E-state index in [2.05, 4.69) is 6.58 Å². The van der Waals surface area contributed by atoms with E-state index < -0.39 is 11.4 Å². The first-order valence-electron chi connectivity index (χ1n) is 6.89. The fourth-order valence-electron chi connectivity index (χ4n) is 2.50. The van der Waals surface area contributed by atoms with Crippen molar-refractivity contribution in [3.05, 3.63) is 42.5 Å². The van der Waals surface area contributed by atoms with Gasteiger partial charge in [-0.3, -0.25) is 9.59 Å². The molecule has 106 valence electrons. The Hall–Kier alpha value is -1.90. The summed E-state index contributed by atoms with van der Waals surface area (Å²) in [5.74, 6) is 0.181. The molecule has 2 atom stereocenters. The van der Waals surface area contributed by atoms with Gasteiger partial charge < -0.3 is 4.74 Å². The van der Waals surface area contributed by atoms with Gasteiger partial charge in [-0.1, -0.05) is 30.4 Å². The fourth-order valence-corrected chi connectivity index (χ4v) is 2.50. The largest absolute Gasteiger partial charge is 0.426 e. The van der Waals surface area contributed by atoms with E-state index in [1.165, 1.54) is 0 Å². The number of allylic oxidation sites excluding steroid dienone is 1. The van der Waals surface area contributed by atoms with Gasteiger partial charge in [0.1, 0.15) is 11.2 Å². The molecule has 0 saturated heterocycles. The van der Waals surface area contributed by atoms with Gasteiger partial charge in [0.15, 0.2) is 5.78 Å². The van der Waals surface area contributed by atoms with Gasteiger partial charge in [-0.2, -0.15) is 0 Å². The molecule has 1 aromatic carbocycles. The molecule has 2 rings (SSSR count). The van der Waals surface area contributed by atoms with E-state index in [0.29, 0.717) is 18.6 Å². The Labute approximate surface area is 119 Å². The van der Waals surface area contributed by atoms with Crippen molar-refractivity contribution in [3.8, 4) is 5.75 Å². The van der Waals surface area contributed by atoms with Gasteiger partial charge in [0.05, 0.1) is 0 Å². The number of carbonyl (C=O) groups is 2. The van der Waals surface area contributed by atoms with E-state index in [-0.39, 0.29) is 11.7 Å². The maximum atomic E-state index is 12.3. The van der Waals surface area contributed by atoms with Gasteiger partial charge in [0.2, 0.25) is 0 Å². The smallest absolute Gasteiger partial charge is 0.324 e. The summed E-state index contributed by atoms with van der Waals surface area (Å²) >= 11 is 0. The lowest BCUT2D eigenvalue weighted by atomic mass is 9.69. The zero-order chi connectivity index (χ0) is 14.8. The number of rotatable bonds is 3. The summed E-state index contributed by atoms with van der Waals surface area (Å²) in [6, 6.07) is 8.87. The molecule has 20 heavy (non-hydrogen) atoms. The van der Waals surface area contributed by atoms with Crippen LogP contribution in [0.4, 0.5) is 0 Å². The number of benzene rings is 1. The molecule has 3 heteroatoms. The second-order valence-electron chi connectivity index (χ2n) is 5.74. The van der Waals surface area contributed by atoms with Crippen molar-refractivity contribution in [1.29, 1.82) is 0 Å². The van der Waals surface area contributed by atoms with Gasteiger partial charge >= 0.3 is 5.97 Å². The molecule has 0 heterocycles. The second kappa shape index (κ2) is 5.61. The summed E-state index contributed by atoms with van der Waals surface area (Å²) in [5, 5.41) is 0. The van der Waals surface area contributed by atoms with E-state index in [1.54, 1.807) is 31.2 Å². The summed E-state index contributed by atoms with van der Waals surface area (Å²) in [6.45, 7) is 7.53. The minimum atomic E-state index is -1.03. The van der Waals surface area contributed by atoms with E-state index in [0.717, 1.165) is 12.0 Å². The Bertz CT molecular complexity index is 532. The predicted molar refractivity (Wildman–Crippen MR) is 77.3 cm³/mol. The van der Waals surface area contributed by atoms with Crippen LogP contribution in [0.5, 0.6) is 5.75 Å². The highest BCUT2D eigenvalue weighted by Crippen LogP contribution is 2.39. The average molecular weight is 272 g/mol. The zero-order valence-corrected chi connectivity index (χ0v) is 12.0. The Balaban J connectivity index is 2.09. The number of ketones is 1. The molecule has 0 bridgehead atoms. The molecule has 1 fully saturated rings. The normalized spacial score (nSPS) is 26.1. The monoisotopic (exact) mass is 272 g/mol. The van der Waals surface area contributed by atoms with Crippen LogP contribution in [0.2, 0.25) is 0 Å². The van der Waals surface area contributed by atoms with Crippen molar-refractivity contribution in [2.45, 2.75) is 33.1 Å². The Kier molecular flexibility index (Phi) is 4.07. The van der Waals surface area contributed by atoms with Crippen LogP contribution < -0.4 is 4.74 Å². The molecule has 1 aromatic rings. The van der Waals surface area contributed by atoms with Gasteiger partial charge in [-0.15, -0.1) is 0 Å². The first kappa shape index (κ1) is 14.5. The zero-order valence-electron chi connectivity index (χ0n) is 12.0. The number of esters is 1. The fraction of sp³-hybridized carbons (Fsp3) is 0.412. The van der Waals surface area contributed by atoms with E-state index in [4.69, 9.17) is 4.74 Å². The topological polar surface area (TPSA) is 43.4 Å². The molecule has 1 aliphatic rings. The highest BCUT2D eigenvalue weighted by atomic mass is 16.5. The van der Waals surface area contributed by atoms with Crippen LogP contribution in [0.15, 0.2) is 42.5 Å². The maximum absolute atomic E-state index is 12.3. The molecule has 0 radical (unpaired) electrons. The predicted octanol–water partition coefficient (Wildman–Crippen LogP) is 3.54. The van der Waals surface area contributed by atoms with Crippen LogP contribution in [0, 0.1) is 11.3 Å². The lowest BCUT2D eigenvalue weighted by Crippen LogP contribution is -2.43. The molecule has 0 aromatic heterocycles. The quantitative estimate of drug-likeness (QED) is 0.366. The molecule has 0 amide bonds. The molecule has 1 saturated carbocycles. The maximum Gasteiger partial charge on any atom is 0.324 e. The summed E-state index contributed by atoms with van der Waals surface area (Å²) in [7, 11) is 0. The SMILES string of the molecule is C=C(C)C1CCC(C)(C(=O)Oc2ccccc2)C(=O)C1. The lowest BCUT2D eigenvalue weighted by Gasteiger charge is -2.34. The molecular formula is C17H20O3. The summed E-state index contributed by atoms with van der Waals surface area (Å²) in [4.78, 5) is 24.6. The highest BCUT2D eigenvalue weighted by molar-refractivity contribution is 6.04. The minimum absolute atomic E-state index is 0.0438. The van der Waals surface area contributed by atoms with Crippen LogP contribution >= 0.6 is 0 Å². The van der Waals surface area contributed by atoms with Crippen LogP contribution in [-0.2, 0) is 9.59 Å². The van der Waals surface area contributed by atoms with Crippen LogP contribution in [0.25, 0.3) is 0 Å².